The van der Waals surface area contributed by atoms with Gasteiger partial charge >= 0.3 is 0 Å². The molecule has 0 aliphatic heterocycles. The van der Waals surface area contributed by atoms with Crippen LogP contribution in [0.2, 0.25) is 0 Å². The molecule has 1 aromatic heterocycles. The van der Waals surface area contributed by atoms with Gasteiger partial charge in [-0.3, -0.25) is 0 Å². The highest BCUT2D eigenvalue weighted by molar-refractivity contribution is 7.99. The van der Waals surface area contributed by atoms with Gasteiger partial charge in [0.05, 0.1) is 6.26 Å². The van der Waals surface area contributed by atoms with Crippen LogP contribution in [0.25, 0.3) is 0 Å². The molecule has 0 aliphatic carbocycles. The van der Waals surface area contributed by atoms with Crippen LogP contribution in [0.15, 0.2) is 58.0 Å². The molecule has 0 aliphatic rings. The van der Waals surface area contributed by atoms with E-state index >= 15 is 0 Å². The summed E-state index contributed by atoms with van der Waals surface area (Å²) in [5.74, 6) is 1.87. The highest BCUT2D eigenvalue weighted by Crippen LogP contribution is 2.18. The minimum Gasteiger partial charge on any atom is -0.469 e. The lowest BCUT2D eigenvalue weighted by Crippen LogP contribution is -2.25. The van der Waals surface area contributed by atoms with E-state index in [4.69, 9.17) is 10.2 Å². The van der Waals surface area contributed by atoms with Gasteiger partial charge in [-0.2, -0.15) is 0 Å². The van der Waals surface area contributed by atoms with Crippen LogP contribution in [0.1, 0.15) is 5.76 Å². The molecule has 2 N–H and O–H groups in total. The highest BCUT2D eigenvalue weighted by Gasteiger charge is 2.06. The summed E-state index contributed by atoms with van der Waals surface area (Å²) in [6.07, 6.45) is 2.49. The number of furan rings is 1. The minimum atomic E-state index is 0.136. The molecule has 0 bridgehead atoms. The van der Waals surface area contributed by atoms with Crippen LogP contribution < -0.4 is 5.73 Å². The van der Waals surface area contributed by atoms with Crippen molar-refractivity contribution in [2.24, 2.45) is 5.73 Å². The first-order valence-electron chi connectivity index (χ1n) is 5.30. The molecule has 0 saturated heterocycles. The Balaban J connectivity index is 1.78. The molecular weight excluding hydrogens is 218 g/mol. The number of nitrogens with two attached hydrogens (primary N) is 1. The number of benzene rings is 1. The first kappa shape index (κ1) is 11.3. The van der Waals surface area contributed by atoms with Crippen molar-refractivity contribution < 1.29 is 4.42 Å². The summed E-state index contributed by atoms with van der Waals surface area (Å²) in [5, 5.41) is 0. The Morgan fingerprint density at radius 1 is 1.12 bits per heavy atom. The average molecular weight is 233 g/mol. The molecular formula is C13H15NOS. The molecule has 1 aromatic carbocycles. The number of thioether (sulfide) groups is 1. The zero-order chi connectivity index (χ0) is 11.2. The third-order valence-corrected chi connectivity index (χ3v) is 3.45. The predicted molar refractivity (Wildman–Crippen MR) is 67.6 cm³/mol. The highest BCUT2D eigenvalue weighted by atomic mass is 32.2. The lowest BCUT2D eigenvalue weighted by Gasteiger charge is -2.09. The Morgan fingerprint density at radius 2 is 1.94 bits per heavy atom. The quantitative estimate of drug-likeness (QED) is 0.807. The summed E-state index contributed by atoms with van der Waals surface area (Å²) in [4.78, 5) is 1.26. The van der Waals surface area contributed by atoms with Crippen LogP contribution in [0.3, 0.4) is 0 Å². The fourth-order valence-electron chi connectivity index (χ4n) is 1.47. The maximum atomic E-state index is 6.03. The van der Waals surface area contributed by atoms with Crippen molar-refractivity contribution in [1.29, 1.82) is 0 Å². The number of hydrogen-bond acceptors (Lipinski definition) is 3. The zero-order valence-electron chi connectivity index (χ0n) is 9.00. The van der Waals surface area contributed by atoms with Gasteiger partial charge in [-0.15, -0.1) is 11.8 Å². The van der Waals surface area contributed by atoms with Gasteiger partial charge in [-0.25, -0.2) is 0 Å². The summed E-state index contributed by atoms with van der Waals surface area (Å²) in [7, 11) is 0. The molecule has 16 heavy (non-hydrogen) atoms. The van der Waals surface area contributed by atoms with Crippen molar-refractivity contribution in [3.63, 3.8) is 0 Å². The molecule has 2 aromatic rings. The van der Waals surface area contributed by atoms with Crippen LogP contribution >= 0.6 is 11.8 Å². The van der Waals surface area contributed by atoms with Crippen molar-refractivity contribution in [2.45, 2.75) is 17.4 Å². The molecule has 84 valence electrons. The van der Waals surface area contributed by atoms with E-state index in [0.717, 1.165) is 17.9 Å². The summed E-state index contributed by atoms with van der Waals surface area (Å²) < 4.78 is 5.27. The Kier molecular flexibility index (Phi) is 4.08. The first-order valence-corrected chi connectivity index (χ1v) is 6.29. The van der Waals surface area contributed by atoms with Gasteiger partial charge in [-0.05, 0) is 24.3 Å². The van der Waals surface area contributed by atoms with Gasteiger partial charge < -0.3 is 10.2 Å². The smallest absolute Gasteiger partial charge is 0.105 e. The lowest BCUT2D eigenvalue weighted by molar-refractivity contribution is 0.493. The van der Waals surface area contributed by atoms with E-state index in [1.807, 2.05) is 30.3 Å². The molecule has 0 spiro atoms. The Bertz CT molecular complexity index is 399. The summed E-state index contributed by atoms with van der Waals surface area (Å²) >= 11 is 1.78. The molecule has 2 nitrogen and oxygen atoms in total. The van der Waals surface area contributed by atoms with Crippen LogP contribution in [0.5, 0.6) is 0 Å². The van der Waals surface area contributed by atoms with Crippen LogP contribution in [-0.4, -0.2) is 11.8 Å². The molecule has 0 radical (unpaired) electrons. The third kappa shape index (κ3) is 3.43. The summed E-state index contributed by atoms with van der Waals surface area (Å²) in [6, 6.07) is 14.3. The van der Waals surface area contributed by atoms with E-state index in [1.54, 1.807) is 18.0 Å². The summed E-state index contributed by atoms with van der Waals surface area (Å²) in [6.45, 7) is 0. The molecule has 1 heterocycles. The van der Waals surface area contributed by atoms with Crippen molar-refractivity contribution in [3.8, 4) is 0 Å². The van der Waals surface area contributed by atoms with Crippen LogP contribution in [0.4, 0.5) is 0 Å². The summed E-state index contributed by atoms with van der Waals surface area (Å²) in [5.41, 5.74) is 6.03. The Morgan fingerprint density at radius 3 is 2.62 bits per heavy atom. The molecule has 1 atom stereocenters. The molecule has 1 unspecified atom stereocenters. The van der Waals surface area contributed by atoms with E-state index in [2.05, 4.69) is 12.1 Å². The van der Waals surface area contributed by atoms with Crippen molar-refractivity contribution in [1.82, 2.24) is 0 Å². The van der Waals surface area contributed by atoms with E-state index < -0.39 is 0 Å². The van der Waals surface area contributed by atoms with Gasteiger partial charge in [0, 0.05) is 23.1 Å². The van der Waals surface area contributed by atoms with Gasteiger partial charge in [0.15, 0.2) is 0 Å². The number of rotatable bonds is 5. The second-order valence-electron chi connectivity index (χ2n) is 3.67. The fourth-order valence-corrected chi connectivity index (χ4v) is 2.34. The van der Waals surface area contributed by atoms with Crippen molar-refractivity contribution in [3.05, 3.63) is 54.5 Å². The topological polar surface area (TPSA) is 39.2 Å². The van der Waals surface area contributed by atoms with Gasteiger partial charge in [0.1, 0.15) is 5.76 Å². The fraction of sp³-hybridized carbons (Fsp3) is 0.231. The molecule has 2 rings (SSSR count). The zero-order valence-corrected chi connectivity index (χ0v) is 9.82. The second-order valence-corrected chi connectivity index (χ2v) is 4.76. The largest absolute Gasteiger partial charge is 0.469 e. The monoisotopic (exact) mass is 233 g/mol. The number of hydrogen-bond donors (Lipinski definition) is 1. The average Bonchev–Trinajstić information content (AvgIpc) is 2.81. The molecule has 3 heteroatoms. The minimum absolute atomic E-state index is 0.136. The Hall–Kier alpha value is -1.19. The second kappa shape index (κ2) is 5.77. The standard InChI is InChI=1S/C13H15NOS/c14-11(9-12-5-4-8-15-12)10-16-13-6-2-1-3-7-13/h1-8,11H,9-10,14H2. The maximum absolute atomic E-state index is 6.03. The van der Waals surface area contributed by atoms with Gasteiger partial charge in [0.2, 0.25) is 0 Å². The van der Waals surface area contributed by atoms with E-state index in [9.17, 15) is 0 Å². The van der Waals surface area contributed by atoms with Gasteiger partial charge in [-0.1, -0.05) is 18.2 Å². The van der Waals surface area contributed by atoms with E-state index in [1.165, 1.54) is 4.90 Å². The first-order chi connectivity index (χ1) is 7.84. The van der Waals surface area contributed by atoms with Crippen molar-refractivity contribution >= 4 is 11.8 Å². The normalized spacial score (nSPS) is 12.6. The Labute approximate surface area is 99.8 Å². The van der Waals surface area contributed by atoms with Crippen LogP contribution in [0, 0.1) is 0 Å². The lowest BCUT2D eigenvalue weighted by atomic mass is 10.2. The van der Waals surface area contributed by atoms with Crippen LogP contribution in [-0.2, 0) is 6.42 Å². The molecule has 0 fully saturated rings. The molecule has 0 amide bonds. The third-order valence-electron chi connectivity index (χ3n) is 2.25. The SMILES string of the molecule is NC(CSc1ccccc1)Cc1ccco1. The van der Waals surface area contributed by atoms with Gasteiger partial charge in [0.25, 0.3) is 0 Å². The van der Waals surface area contributed by atoms with Crippen molar-refractivity contribution in [2.75, 3.05) is 5.75 Å². The predicted octanol–water partition coefficient (Wildman–Crippen LogP) is 2.94. The molecule has 0 saturated carbocycles. The van der Waals surface area contributed by atoms with E-state index in [-0.39, 0.29) is 6.04 Å². The maximum Gasteiger partial charge on any atom is 0.105 e. The van der Waals surface area contributed by atoms with E-state index in [0.29, 0.717) is 0 Å².